The van der Waals surface area contributed by atoms with Gasteiger partial charge in [-0.25, -0.2) is 0 Å². The molecular formula is C15H25NO3S. The second-order valence-corrected chi connectivity index (χ2v) is 7.51. The van der Waals surface area contributed by atoms with Crippen LogP contribution < -0.4 is 5.32 Å². The zero-order valence-corrected chi connectivity index (χ0v) is 12.8. The summed E-state index contributed by atoms with van der Waals surface area (Å²) < 4.78 is 0. The lowest BCUT2D eigenvalue weighted by Crippen LogP contribution is -2.43. The van der Waals surface area contributed by atoms with Crippen LogP contribution in [0.3, 0.4) is 0 Å². The summed E-state index contributed by atoms with van der Waals surface area (Å²) in [5.41, 5.74) is -0.209. The van der Waals surface area contributed by atoms with Crippen LogP contribution in [0.15, 0.2) is 0 Å². The third kappa shape index (κ3) is 4.40. The van der Waals surface area contributed by atoms with Crippen molar-refractivity contribution in [2.24, 2.45) is 5.41 Å². The number of carbonyl (C=O) groups is 2. The molecular weight excluding hydrogens is 274 g/mol. The zero-order chi connectivity index (χ0) is 14.4. The maximum Gasteiger partial charge on any atom is 0.303 e. The highest BCUT2D eigenvalue weighted by atomic mass is 32.2. The van der Waals surface area contributed by atoms with Gasteiger partial charge in [-0.1, -0.05) is 25.7 Å². The van der Waals surface area contributed by atoms with Crippen molar-refractivity contribution in [2.75, 3.05) is 12.3 Å². The van der Waals surface area contributed by atoms with Crippen LogP contribution in [0.25, 0.3) is 0 Å². The molecule has 0 aromatic heterocycles. The molecule has 2 rings (SSSR count). The average molecular weight is 299 g/mol. The molecule has 0 radical (unpaired) electrons. The summed E-state index contributed by atoms with van der Waals surface area (Å²) in [7, 11) is 0. The van der Waals surface area contributed by atoms with E-state index in [1.54, 1.807) is 11.8 Å². The minimum atomic E-state index is -0.742. The standard InChI is InChI=1S/C15H25NO3S/c17-13(18)10-15(7-3-1-4-8-15)11-16-14(19)12-6-2-5-9-20-12/h12H,1-11H2,(H,16,19)(H,17,18). The molecule has 1 saturated heterocycles. The molecule has 0 spiro atoms. The first-order valence-electron chi connectivity index (χ1n) is 7.72. The molecule has 1 aliphatic carbocycles. The smallest absolute Gasteiger partial charge is 0.303 e. The molecule has 0 aromatic rings. The molecule has 1 atom stereocenters. The van der Waals surface area contributed by atoms with Crippen LogP contribution in [0.1, 0.15) is 57.8 Å². The highest BCUT2D eigenvalue weighted by molar-refractivity contribution is 8.00. The van der Waals surface area contributed by atoms with Crippen molar-refractivity contribution in [2.45, 2.75) is 63.0 Å². The number of hydrogen-bond acceptors (Lipinski definition) is 3. The Morgan fingerprint density at radius 1 is 1.15 bits per heavy atom. The second kappa shape index (κ2) is 7.34. The van der Waals surface area contributed by atoms with Gasteiger partial charge >= 0.3 is 5.97 Å². The Kier molecular flexibility index (Phi) is 5.75. The number of nitrogens with one attached hydrogen (secondary N) is 1. The first-order valence-corrected chi connectivity index (χ1v) is 8.77. The van der Waals surface area contributed by atoms with Crippen LogP contribution in [0.2, 0.25) is 0 Å². The number of thioether (sulfide) groups is 1. The van der Waals surface area contributed by atoms with Gasteiger partial charge in [-0.15, -0.1) is 11.8 Å². The first kappa shape index (κ1) is 15.7. The summed E-state index contributed by atoms with van der Waals surface area (Å²) in [6, 6.07) is 0. The van der Waals surface area contributed by atoms with E-state index >= 15 is 0 Å². The van der Waals surface area contributed by atoms with E-state index in [1.807, 2.05) is 0 Å². The summed E-state index contributed by atoms with van der Waals surface area (Å²) in [4.78, 5) is 23.3. The van der Waals surface area contributed by atoms with E-state index in [2.05, 4.69) is 5.32 Å². The number of hydrogen-bond donors (Lipinski definition) is 2. The molecule has 2 N–H and O–H groups in total. The van der Waals surface area contributed by atoms with Crippen LogP contribution in [-0.4, -0.2) is 34.5 Å². The highest BCUT2D eigenvalue weighted by Crippen LogP contribution is 2.39. The molecule has 4 nitrogen and oxygen atoms in total. The van der Waals surface area contributed by atoms with E-state index in [0.29, 0.717) is 6.54 Å². The molecule has 114 valence electrons. The Balaban J connectivity index is 1.87. The van der Waals surface area contributed by atoms with Crippen molar-refractivity contribution < 1.29 is 14.7 Å². The summed E-state index contributed by atoms with van der Waals surface area (Å²) in [5.74, 6) is 0.441. The number of carbonyl (C=O) groups excluding carboxylic acids is 1. The number of carboxylic acid groups (broad SMARTS) is 1. The van der Waals surface area contributed by atoms with Crippen LogP contribution in [0, 0.1) is 5.41 Å². The van der Waals surface area contributed by atoms with E-state index in [-0.39, 0.29) is 23.0 Å². The number of amides is 1. The maximum atomic E-state index is 12.2. The van der Waals surface area contributed by atoms with Crippen LogP contribution in [0.5, 0.6) is 0 Å². The SMILES string of the molecule is O=C(O)CC1(CNC(=O)C2CCCCS2)CCCCC1. The van der Waals surface area contributed by atoms with Gasteiger partial charge in [-0.2, -0.15) is 0 Å². The average Bonchev–Trinajstić information content (AvgIpc) is 2.46. The summed E-state index contributed by atoms with van der Waals surface area (Å²) >= 11 is 1.74. The third-order valence-electron chi connectivity index (χ3n) is 4.55. The lowest BCUT2D eigenvalue weighted by atomic mass is 9.71. The first-order chi connectivity index (χ1) is 9.61. The third-order valence-corrected chi connectivity index (χ3v) is 5.93. The van der Waals surface area contributed by atoms with E-state index in [1.165, 1.54) is 12.8 Å². The van der Waals surface area contributed by atoms with Gasteiger partial charge in [0, 0.05) is 6.54 Å². The van der Waals surface area contributed by atoms with Crippen molar-refractivity contribution in [1.82, 2.24) is 5.32 Å². The van der Waals surface area contributed by atoms with Gasteiger partial charge in [-0.3, -0.25) is 9.59 Å². The minimum Gasteiger partial charge on any atom is -0.481 e. The van der Waals surface area contributed by atoms with Crippen LogP contribution >= 0.6 is 11.8 Å². The predicted octanol–water partition coefficient (Wildman–Crippen LogP) is 2.81. The Bertz CT molecular complexity index is 347. The Morgan fingerprint density at radius 3 is 2.50 bits per heavy atom. The van der Waals surface area contributed by atoms with Gasteiger partial charge < -0.3 is 10.4 Å². The lowest BCUT2D eigenvalue weighted by molar-refractivity contribution is -0.140. The Morgan fingerprint density at radius 2 is 1.90 bits per heavy atom. The van der Waals surface area contributed by atoms with E-state index in [4.69, 9.17) is 5.11 Å². The van der Waals surface area contributed by atoms with Crippen LogP contribution in [0.4, 0.5) is 0 Å². The molecule has 0 aromatic carbocycles. The second-order valence-electron chi connectivity index (χ2n) is 6.20. The van der Waals surface area contributed by atoms with E-state index < -0.39 is 5.97 Å². The predicted molar refractivity (Wildman–Crippen MR) is 80.9 cm³/mol. The normalized spacial score (nSPS) is 25.9. The summed E-state index contributed by atoms with van der Waals surface area (Å²) in [6.07, 6.45) is 8.70. The lowest BCUT2D eigenvalue weighted by Gasteiger charge is -2.36. The van der Waals surface area contributed by atoms with Crippen molar-refractivity contribution >= 4 is 23.6 Å². The van der Waals surface area contributed by atoms with Gasteiger partial charge in [0.2, 0.25) is 5.91 Å². The fourth-order valence-corrected chi connectivity index (χ4v) is 4.60. The molecule has 2 aliphatic rings. The van der Waals surface area contributed by atoms with Crippen molar-refractivity contribution in [3.63, 3.8) is 0 Å². The quantitative estimate of drug-likeness (QED) is 0.819. The van der Waals surface area contributed by atoms with Crippen molar-refractivity contribution in [3.05, 3.63) is 0 Å². The van der Waals surface area contributed by atoms with E-state index in [0.717, 1.165) is 44.3 Å². The molecule has 1 saturated carbocycles. The van der Waals surface area contributed by atoms with E-state index in [9.17, 15) is 9.59 Å². The largest absolute Gasteiger partial charge is 0.481 e. The topological polar surface area (TPSA) is 66.4 Å². The fourth-order valence-electron chi connectivity index (χ4n) is 3.37. The van der Waals surface area contributed by atoms with Gasteiger partial charge in [0.15, 0.2) is 0 Å². The fraction of sp³-hybridized carbons (Fsp3) is 0.867. The number of aliphatic carboxylic acids is 1. The minimum absolute atomic E-state index is 0.0780. The van der Waals surface area contributed by atoms with Gasteiger partial charge in [-0.05, 0) is 36.9 Å². The molecule has 5 heteroatoms. The molecule has 1 aliphatic heterocycles. The van der Waals surface area contributed by atoms with Gasteiger partial charge in [0.05, 0.1) is 11.7 Å². The molecule has 0 bridgehead atoms. The Labute approximate surface area is 125 Å². The monoisotopic (exact) mass is 299 g/mol. The summed E-state index contributed by atoms with van der Waals surface area (Å²) in [6.45, 7) is 0.537. The molecule has 1 heterocycles. The molecule has 1 amide bonds. The maximum absolute atomic E-state index is 12.2. The summed E-state index contributed by atoms with van der Waals surface area (Å²) in [5, 5.41) is 12.3. The molecule has 2 fully saturated rings. The number of rotatable bonds is 5. The zero-order valence-electron chi connectivity index (χ0n) is 12.0. The molecule has 20 heavy (non-hydrogen) atoms. The van der Waals surface area contributed by atoms with Crippen molar-refractivity contribution in [1.29, 1.82) is 0 Å². The highest BCUT2D eigenvalue weighted by Gasteiger charge is 2.35. The van der Waals surface area contributed by atoms with Gasteiger partial charge in [0.1, 0.15) is 0 Å². The number of carboxylic acids is 1. The van der Waals surface area contributed by atoms with Gasteiger partial charge in [0.25, 0.3) is 0 Å². The van der Waals surface area contributed by atoms with Crippen molar-refractivity contribution in [3.8, 4) is 0 Å². The Hall–Kier alpha value is -0.710. The van der Waals surface area contributed by atoms with Crippen LogP contribution in [-0.2, 0) is 9.59 Å². The molecule has 1 unspecified atom stereocenters.